The van der Waals surface area contributed by atoms with Gasteiger partial charge in [0.15, 0.2) is 11.5 Å². The summed E-state index contributed by atoms with van der Waals surface area (Å²) >= 11 is 5.99. The number of rotatable bonds is 8. The molecule has 0 saturated heterocycles. The highest BCUT2D eigenvalue weighted by Crippen LogP contribution is 2.45. The molecule has 0 bridgehead atoms. The van der Waals surface area contributed by atoms with Gasteiger partial charge in [-0.2, -0.15) is 0 Å². The Morgan fingerprint density at radius 2 is 2.06 bits per heavy atom. The van der Waals surface area contributed by atoms with Gasteiger partial charge in [0.2, 0.25) is 0 Å². The average molecular weight is 444 g/mol. The molecule has 1 aromatic heterocycles. The van der Waals surface area contributed by atoms with E-state index in [1.807, 2.05) is 54.1 Å². The number of aromatic nitrogens is 1. The number of allylic oxidation sites excluding steroid dienone is 4. The Labute approximate surface area is 187 Å². The lowest BCUT2D eigenvalue weighted by Crippen LogP contribution is -2.13. The van der Waals surface area contributed by atoms with E-state index in [1.54, 1.807) is 20.3 Å². The molecule has 3 rings (SSSR count). The Hall–Kier alpha value is -2.96. The average Bonchev–Trinajstić information content (AvgIpc) is 3.18. The molecule has 0 saturated carbocycles. The van der Waals surface area contributed by atoms with Crippen molar-refractivity contribution in [2.45, 2.75) is 32.0 Å². The molecule has 0 aliphatic carbocycles. The zero-order valence-corrected chi connectivity index (χ0v) is 18.6. The molecular formula is C24H26ClNO5. The number of fused-ring (bicyclic) bond motifs is 1. The van der Waals surface area contributed by atoms with Crippen LogP contribution in [0, 0.1) is 0 Å². The predicted molar refractivity (Wildman–Crippen MR) is 120 cm³/mol. The molecule has 6 nitrogen and oxygen atoms in total. The molecule has 2 heterocycles. The Kier molecular flexibility index (Phi) is 7.25. The smallest absolute Gasteiger partial charge is 0.303 e. The Bertz CT molecular complexity index is 1040. The number of aliphatic carboxylic acids is 1. The number of ether oxygens (including phenoxy) is 3. The van der Waals surface area contributed by atoms with Gasteiger partial charge in [0, 0.05) is 28.9 Å². The van der Waals surface area contributed by atoms with Gasteiger partial charge in [-0.3, -0.25) is 4.79 Å². The van der Waals surface area contributed by atoms with Gasteiger partial charge >= 0.3 is 5.97 Å². The van der Waals surface area contributed by atoms with E-state index in [0.717, 1.165) is 22.5 Å². The van der Waals surface area contributed by atoms with E-state index in [4.69, 9.17) is 25.8 Å². The van der Waals surface area contributed by atoms with Crippen LogP contribution in [-0.4, -0.2) is 29.9 Å². The molecule has 0 spiro atoms. The first-order valence-electron chi connectivity index (χ1n) is 9.86. The first kappa shape index (κ1) is 22.7. The second-order valence-corrected chi connectivity index (χ2v) is 7.66. The van der Waals surface area contributed by atoms with Gasteiger partial charge < -0.3 is 23.9 Å². The van der Waals surface area contributed by atoms with Crippen LogP contribution in [-0.2, 0) is 9.53 Å². The van der Waals surface area contributed by atoms with E-state index in [-0.39, 0.29) is 6.42 Å². The van der Waals surface area contributed by atoms with Gasteiger partial charge in [-0.25, -0.2) is 0 Å². The number of nitrogens with zero attached hydrogens (tertiary/aromatic N) is 1. The van der Waals surface area contributed by atoms with Crippen LogP contribution >= 0.6 is 11.6 Å². The number of carboxylic acid groups (broad SMARTS) is 1. The maximum absolute atomic E-state index is 11.3. The van der Waals surface area contributed by atoms with E-state index in [2.05, 4.69) is 6.58 Å². The molecule has 0 fully saturated rings. The predicted octanol–water partition coefficient (Wildman–Crippen LogP) is 5.72. The Morgan fingerprint density at radius 1 is 1.29 bits per heavy atom. The van der Waals surface area contributed by atoms with Gasteiger partial charge in [-0.05, 0) is 49.3 Å². The zero-order chi connectivity index (χ0) is 22.5. The number of para-hydroxylation sites is 1. The highest BCUT2D eigenvalue weighted by Gasteiger charge is 2.32. The third-order valence-corrected chi connectivity index (χ3v) is 5.35. The number of carboxylic acids is 1. The number of methoxy groups -OCH3 is 2. The summed E-state index contributed by atoms with van der Waals surface area (Å²) in [6.45, 7) is 5.71. The standard InChI is InChI=1S/C24H26ClNO5/c1-15(25)10-11-18-16(2)23(17-7-5-9-21(29-3)24(17)30-4)31-20(12-13-22(27)28)19-8-6-14-26(18)19/h5-11,14,20,23H,1,12-13H2,2-4H3,(H,27,28)/b11-10-/t20-,23+/m1/s1. The Morgan fingerprint density at radius 3 is 2.71 bits per heavy atom. The quantitative estimate of drug-likeness (QED) is 0.528. The number of hydrogen-bond donors (Lipinski definition) is 1. The topological polar surface area (TPSA) is 69.9 Å². The third kappa shape index (κ3) is 4.86. The fraction of sp³-hybridized carbons (Fsp3) is 0.292. The van der Waals surface area contributed by atoms with Crippen LogP contribution < -0.4 is 9.47 Å². The summed E-state index contributed by atoms with van der Waals surface area (Å²) in [5.74, 6) is 0.293. The number of halogens is 1. The zero-order valence-electron chi connectivity index (χ0n) is 17.8. The highest BCUT2D eigenvalue weighted by atomic mass is 35.5. The SMILES string of the molecule is C=C(Cl)/C=C\C1=C(C)[C@@H](c2cccc(OC)c2OC)O[C@H](CCC(=O)O)c2cccn21. The first-order valence-corrected chi connectivity index (χ1v) is 10.2. The van der Waals surface area contributed by atoms with Crippen molar-refractivity contribution in [3.8, 4) is 11.5 Å². The summed E-state index contributed by atoms with van der Waals surface area (Å²) in [5, 5.41) is 9.65. The van der Waals surface area contributed by atoms with Crippen LogP contribution in [0.4, 0.5) is 0 Å². The minimum atomic E-state index is -0.871. The van der Waals surface area contributed by atoms with E-state index >= 15 is 0 Å². The molecule has 2 aromatic rings. The molecule has 31 heavy (non-hydrogen) atoms. The van der Waals surface area contributed by atoms with Gasteiger partial charge in [-0.15, -0.1) is 0 Å². The van der Waals surface area contributed by atoms with E-state index in [0.29, 0.717) is 23.0 Å². The molecule has 1 aliphatic rings. The largest absolute Gasteiger partial charge is 0.493 e. The molecule has 1 aromatic carbocycles. The van der Waals surface area contributed by atoms with Crippen molar-refractivity contribution >= 4 is 23.3 Å². The third-order valence-electron chi connectivity index (χ3n) is 5.23. The monoisotopic (exact) mass is 443 g/mol. The summed E-state index contributed by atoms with van der Waals surface area (Å²) in [4.78, 5) is 11.3. The van der Waals surface area contributed by atoms with E-state index in [9.17, 15) is 9.90 Å². The van der Waals surface area contributed by atoms with Crippen LogP contribution in [0.3, 0.4) is 0 Å². The molecular weight excluding hydrogens is 418 g/mol. The maximum atomic E-state index is 11.3. The summed E-state index contributed by atoms with van der Waals surface area (Å²) in [6, 6.07) is 9.47. The molecule has 164 valence electrons. The van der Waals surface area contributed by atoms with E-state index < -0.39 is 18.2 Å². The second-order valence-electron chi connectivity index (χ2n) is 7.17. The highest BCUT2D eigenvalue weighted by molar-refractivity contribution is 6.30. The van der Waals surface area contributed by atoms with Gasteiger partial charge in [0.05, 0.1) is 26.0 Å². The van der Waals surface area contributed by atoms with Crippen molar-refractivity contribution in [3.63, 3.8) is 0 Å². The fourth-order valence-electron chi connectivity index (χ4n) is 3.81. The van der Waals surface area contributed by atoms with Crippen molar-refractivity contribution in [1.82, 2.24) is 4.57 Å². The molecule has 2 atom stereocenters. The number of hydrogen-bond acceptors (Lipinski definition) is 4. The minimum Gasteiger partial charge on any atom is -0.493 e. The minimum absolute atomic E-state index is 0.0134. The first-order chi connectivity index (χ1) is 14.9. The van der Waals surface area contributed by atoms with Crippen LogP contribution in [0.1, 0.15) is 43.2 Å². The lowest BCUT2D eigenvalue weighted by atomic mass is 9.98. The number of benzene rings is 1. The molecule has 7 heteroatoms. The lowest BCUT2D eigenvalue weighted by Gasteiger charge is -2.25. The van der Waals surface area contributed by atoms with Crippen LogP contribution in [0.5, 0.6) is 11.5 Å². The summed E-state index contributed by atoms with van der Waals surface area (Å²) in [5.41, 5.74) is 3.44. The van der Waals surface area contributed by atoms with Crippen molar-refractivity contribution in [2.24, 2.45) is 0 Å². The summed E-state index contributed by atoms with van der Waals surface area (Å²) in [6.07, 6.45) is 4.92. The van der Waals surface area contributed by atoms with Crippen molar-refractivity contribution in [3.05, 3.63) is 77.1 Å². The molecule has 1 N–H and O–H groups in total. The number of carbonyl (C=O) groups is 1. The van der Waals surface area contributed by atoms with E-state index in [1.165, 1.54) is 0 Å². The van der Waals surface area contributed by atoms with Crippen LogP contribution in [0.15, 0.2) is 65.9 Å². The van der Waals surface area contributed by atoms with Gasteiger partial charge in [0.1, 0.15) is 6.10 Å². The molecule has 1 aliphatic heterocycles. The van der Waals surface area contributed by atoms with Crippen molar-refractivity contribution < 1.29 is 24.1 Å². The summed E-state index contributed by atoms with van der Waals surface area (Å²) in [7, 11) is 3.17. The second kappa shape index (κ2) is 9.90. The molecule has 0 amide bonds. The molecule has 0 unspecified atom stereocenters. The fourth-order valence-corrected chi connectivity index (χ4v) is 3.88. The lowest BCUT2D eigenvalue weighted by molar-refractivity contribution is -0.138. The van der Waals surface area contributed by atoms with Gasteiger partial charge in [-0.1, -0.05) is 30.3 Å². The van der Waals surface area contributed by atoms with Crippen LogP contribution in [0.2, 0.25) is 0 Å². The maximum Gasteiger partial charge on any atom is 0.303 e. The van der Waals surface area contributed by atoms with Crippen molar-refractivity contribution in [1.29, 1.82) is 0 Å². The Balaban J connectivity index is 2.20. The van der Waals surface area contributed by atoms with Crippen molar-refractivity contribution in [2.75, 3.05) is 14.2 Å². The van der Waals surface area contributed by atoms with Crippen LogP contribution in [0.25, 0.3) is 5.70 Å². The molecule has 0 radical (unpaired) electrons. The normalized spacial score (nSPS) is 18.6. The summed E-state index contributed by atoms with van der Waals surface area (Å²) < 4.78 is 19.7. The van der Waals surface area contributed by atoms with Gasteiger partial charge in [0.25, 0.3) is 0 Å².